The highest BCUT2D eigenvalue weighted by molar-refractivity contribution is 7.15. The lowest BCUT2D eigenvalue weighted by Gasteiger charge is -2.25. The number of hydrogen-bond donors (Lipinski definition) is 2. The van der Waals surface area contributed by atoms with E-state index in [2.05, 4.69) is 5.32 Å². The van der Waals surface area contributed by atoms with Crippen LogP contribution in [0.3, 0.4) is 0 Å². The highest BCUT2D eigenvalue weighted by atomic mass is 35.5. The molecule has 1 aliphatic rings. The first-order chi connectivity index (χ1) is 14.0. The summed E-state index contributed by atoms with van der Waals surface area (Å²) in [5, 5.41) is 13.3. The lowest BCUT2D eigenvalue weighted by atomic mass is 9.88. The molecule has 4 rings (SSSR count). The van der Waals surface area contributed by atoms with Crippen LogP contribution in [0.5, 0.6) is 5.75 Å². The highest BCUT2D eigenvalue weighted by Crippen LogP contribution is 2.50. The van der Waals surface area contributed by atoms with E-state index in [4.69, 9.17) is 16.3 Å². The first kappa shape index (κ1) is 19.5. The van der Waals surface area contributed by atoms with Crippen molar-refractivity contribution < 1.29 is 19.4 Å². The fourth-order valence-corrected chi connectivity index (χ4v) is 5.00. The Bertz CT molecular complexity index is 1090. The van der Waals surface area contributed by atoms with Gasteiger partial charge in [-0.15, -0.1) is 11.3 Å². The van der Waals surface area contributed by atoms with Crippen molar-refractivity contribution in [2.75, 3.05) is 11.9 Å². The molecule has 0 radical (unpaired) electrons. The van der Waals surface area contributed by atoms with Gasteiger partial charge in [0.2, 0.25) is 5.91 Å². The summed E-state index contributed by atoms with van der Waals surface area (Å²) in [7, 11) is 0. The number of anilines is 1. The first-order valence-electron chi connectivity index (χ1n) is 9.17. The molecular formula is C22H18ClNO4S. The summed E-state index contributed by atoms with van der Waals surface area (Å²) in [4.78, 5) is 25.6. The minimum Gasteiger partial charge on any atom is -0.494 e. The maximum atomic E-state index is 12.6. The zero-order valence-corrected chi connectivity index (χ0v) is 17.1. The number of thiophene rings is 1. The SMILES string of the molecule is CCOc1ccccc1[C@H]1CC(=O)Nc2c1sc(C(=O)O)c2-c1ccc(Cl)cc1. The van der Waals surface area contributed by atoms with Gasteiger partial charge in [-0.25, -0.2) is 4.79 Å². The van der Waals surface area contributed by atoms with Gasteiger partial charge in [-0.05, 0) is 30.7 Å². The van der Waals surface area contributed by atoms with E-state index < -0.39 is 5.97 Å². The van der Waals surface area contributed by atoms with E-state index >= 15 is 0 Å². The van der Waals surface area contributed by atoms with Crippen LogP contribution < -0.4 is 10.1 Å². The molecule has 1 aromatic heterocycles. The van der Waals surface area contributed by atoms with Gasteiger partial charge in [0.25, 0.3) is 0 Å². The number of carboxylic acid groups (broad SMARTS) is 1. The molecule has 29 heavy (non-hydrogen) atoms. The molecule has 2 heterocycles. The van der Waals surface area contributed by atoms with Crippen molar-refractivity contribution in [3.05, 3.63) is 68.9 Å². The molecule has 1 amide bonds. The minimum atomic E-state index is -1.03. The minimum absolute atomic E-state index is 0.154. The summed E-state index contributed by atoms with van der Waals surface area (Å²) in [6.07, 6.45) is 0.233. The van der Waals surface area contributed by atoms with Gasteiger partial charge in [0.05, 0.1) is 12.3 Å². The number of amides is 1. The van der Waals surface area contributed by atoms with E-state index in [0.717, 1.165) is 10.4 Å². The Morgan fingerprint density at radius 3 is 2.66 bits per heavy atom. The molecule has 0 spiro atoms. The Labute approximate surface area is 176 Å². The largest absolute Gasteiger partial charge is 0.494 e. The number of aromatic carboxylic acids is 1. The number of hydrogen-bond acceptors (Lipinski definition) is 4. The molecule has 0 fully saturated rings. The second kappa shape index (κ2) is 7.89. The third-order valence-electron chi connectivity index (χ3n) is 4.83. The maximum Gasteiger partial charge on any atom is 0.346 e. The van der Waals surface area contributed by atoms with Gasteiger partial charge in [0, 0.05) is 33.4 Å². The number of benzene rings is 2. The highest BCUT2D eigenvalue weighted by Gasteiger charge is 2.35. The molecule has 2 N–H and O–H groups in total. The van der Waals surface area contributed by atoms with Crippen LogP contribution in [0.4, 0.5) is 5.69 Å². The molecular weight excluding hydrogens is 410 g/mol. The van der Waals surface area contributed by atoms with Crippen molar-refractivity contribution >= 4 is 40.5 Å². The van der Waals surface area contributed by atoms with E-state index in [1.165, 1.54) is 11.3 Å². The second-order valence-electron chi connectivity index (χ2n) is 6.63. The number of nitrogens with one attached hydrogen (secondary N) is 1. The van der Waals surface area contributed by atoms with E-state index in [0.29, 0.717) is 34.2 Å². The summed E-state index contributed by atoms with van der Waals surface area (Å²) < 4.78 is 5.76. The molecule has 0 bridgehead atoms. The third kappa shape index (κ3) is 3.61. The lowest BCUT2D eigenvalue weighted by molar-refractivity contribution is -0.116. The Balaban J connectivity index is 1.92. The van der Waals surface area contributed by atoms with Crippen molar-refractivity contribution in [1.82, 2.24) is 0 Å². The van der Waals surface area contributed by atoms with E-state index in [1.54, 1.807) is 24.3 Å². The predicted octanol–water partition coefficient (Wildman–Crippen LogP) is 5.64. The molecule has 0 saturated heterocycles. The maximum absolute atomic E-state index is 12.6. The van der Waals surface area contributed by atoms with Crippen LogP contribution in [0, 0.1) is 0 Å². The van der Waals surface area contributed by atoms with E-state index in [-0.39, 0.29) is 23.1 Å². The van der Waals surface area contributed by atoms with Crippen molar-refractivity contribution in [2.24, 2.45) is 0 Å². The van der Waals surface area contributed by atoms with Crippen molar-refractivity contribution in [2.45, 2.75) is 19.3 Å². The molecule has 1 atom stereocenters. The van der Waals surface area contributed by atoms with Gasteiger partial charge in [0.15, 0.2) is 0 Å². The molecule has 0 saturated carbocycles. The van der Waals surface area contributed by atoms with Crippen LogP contribution >= 0.6 is 22.9 Å². The summed E-state index contributed by atoms with van der Waals surface area (Å²) in [5.41, 5.74) is 2.65. The van der Waals surface area contributed by atoms with Crippen LogP contribution in [0.15, 0.2) is 48.5 Å². The molecule has 7 heteroatoms. The normalized spacial score (nSPS) is 15.5. The van der Waals surface area contributed by atoms with Crippen molar-refractivity contribution in [3.63, 3.8) is 0 Å². The second-order valence-corrected chi connectivity index (χ2v) is 8.12. The topological polar surface area (TPSA) is 75.6 Å². The smallest absolute Gasteiger partial charge is 0.346 e. The Kier molecular flexibility index (Phi) is 5.30. The molecule has 5 nitrogen and oxygen atoms in total. The van der Waals surface area contributed by atoms with Crippen LogP contribution in [0.1, 0.15) is 39.4 Å². The number of ether oxygens (including phenoxy) is 1. The van der Waals surface area contributed by atoms with Gasteiger partial charge >= 0.3 is 5.97 Å². The molecule has 2 aromatic carbocycles. The number of carbonyl (C=O) groups is 2. The van der Waals surface area contributed by atoms with Gasteiger partial charge in [-0.1, -0.05) is 41.9 Å². The molecule has 1 aliphatic heterocycles. The lowest BCUT2D eigenvalue weighted by Crippen LogP contribution is -2.22. The van der Waals surface area contributed by atoms with E-state index in [9.17, 15) is 14.7 Å². The zero-order chi connectivity index (χ0) is 20.5. The zero-order valence-electron chi connectivity index (χ0n) is 15.6. The van der Waals surface area contributed by atoms with Gasteiger partial charge in [-0.2, -0.15) is 0 Å². The quantitative estimate of drug-likeness (QED) is 0.552. The number of carbonyl (C=O) groups excluding carboxylic acids is 1. The number of para-hydroxylation sites is 1. The Morgan fingerprint density at radius 2 is 1.97 bits per heavy atom. The standard InChI is InChI=1S/C22H18ClNO4S/c1-2-28-16-6-4-3-5-14(16)15-11-17(25)24-19-18(12-7-9-13(23)10-8-12)21(22(26)27)29-20(15)19/h3-10,15H,2,11H2,1H3,(H,24,25)(H,26,27)/t15-/m1/s1. The summed E-state index contributed by atoms with van der Waals surface area (Å²) in [6, 6.07) is 14.5. The number of rotatable bonds is 5. The Hall–Kier alpha value is -2.83. The Morgan fingerprint density at radius 1 is 1.24 bits per heavy atom. The van der Waals surface area contributed by atoms with E-state index in [1.807, 2.05) is 31.2 Å². The van der Waals surface area contributed by atoms with Crippen LogP contribution in [0.25, 0.3) is 11.1 Å². The van der Waals surface area contributed by atoms with Gasteiger partial charge in [-0.3, -0.25) is 4.79 Å². The summed E-state index contributed by atoms with van der Waals surface area (Å²) >= 11 is 7.19. The van der Waals surface area contributed by atoms with Crippen molar-refractivity contribution in [1.29, 1.82) is 0 Å². The number of halogens is 1. The summed E-state index contributed by atoms with van der Waals surface area (Å²) in [6.45, 7) is 2.41. The summed E-state index contributed by atoms with van der Waals surface area (Å²) in [5.74, 6) is -0.746. The van der Waals surface area contributed by atoms with Crippen LogP contribution in [-0.2, 0) is 4.79 Å². The van der Waals surface area contributed by atoms with Gasteiger partial charge < -0.3 is 15.2 Å². The number of carboxylic acids is 1. The molecule has 3 aromatic rings. The molecule has 148 valence electrons. The molecule has 0 aliphatic carbocycles. The van der Waals surface area contributed by atoms with Crippen molar-refractivity contribution in [3.8, 4) is 16.9 Å². The fourth-order valence-electron chi connectivity index (χ4n) is 3.64. The monoisotopic (exact) mass is 427 g/mol. The first-order valence-corrected chi connectivity index (χ1v) is 10.4. The average Bonchev–Trinajstić information content (AvgIpc) is 3.08. The molecule has 0 unspecified atom stereocenters. The predicted molar refractivity (Wildman–Crippen MR) is 114 cm³/mol. The van der Waals surface area contributed by atoms with Crippen LogP contribution in [0.2, 0.25) is 5.02 Å². The van der Waals surface area contributed by atoms with Crippen LogP contribution in [-0.4, -0.2) is 23.6 Å². The average molecular weight is 428 g/mol. The van der Waals surface area contributed by atoms with Gasteiger partial charge in [0.1, 0.15) is 10.6 Å². The third-order valence-corrected chi connectivity index (χ3v) is 6.37. The fraction of sp³-hybridized carbons (Fsp3) is 0.182. The number of fused-ring (bicyclic) bond motifs is 1.